The van der Waals surface area contributed by atoms with Crippen LogP contribution >= 0.6 is 0 Å². The van der Waals surface area contributed by atoms with Gasteiger partial charge in [-0.1, -0.05) is 18.2 Å². The summed E-state index contributed by atoms with van der Waals surface area (Å²) in [5, 5.41) is 2.56. The molecule has 0 heterocycles. The lowest BCUT2D eigenvalue weighted by molar-refractivity contribution is -0.120. The zero-order valence-corrected chi connectivity index (χ0v) is 10.9. The molecule has 0 radical (unpaired) electrons. The first-order valence-electron chi connectivity index (χ1n) is 5.94. The first-order chi connectivity index (χ1) is 8.58. The molecule has 100 valence electrons. The van der Waals surface area contributed by atoms with E-state index in [1.54, 1.807) is 25.2 Å². The number of hydrogen-bond acceptors (Lipinski definition) is 3. The predicted octanol–water partition coefficient (Wildman–Crippen LogP) is 0.852. The summed E-state index contributed by atoms with van der Waals surface area (Å²) in [6.45, 7) is 1.25. The molecule has 1 amide bonds. The van der Waals surface area contributed by atoms with Gasteiger partial charge in [0.2, 0.25) is 5.91 Å². The zero-order valence-electron chi connectivity index (χ0n) is 10.9. The average Bonchev–Trinajstić information content (AvgIpc) is 2.38. The van der Waals surface area contributed by atoms with Crippen LogP contribution in [0.15, 0.2) is 18.2 Å². The van der Waals surface area contributed by atoms with Gasteiger partial charge in [-0.3, -0.25) is 4.79 Å². The highest BCUT2D eigenvalue weighted by atomic mass is 19.1. The third-order valence-electron chi connectivity index (χ3n) is 2.82. The maximum atomic E-state index is 13.9. The Morgan fingerprint density at radius 2 is 2.11 bits per heavy atom. The topological polar surface area (TPSA) is 58.4 Å². The van der Waals surface area contributed by atoms with E-state index in [2.05, 4.69) is 5.32 Å². The third kappa shape index (κ3) is 4.09. The quantitative estimate of drug-likeness (QED) is 0.790. The molecule has 0 saturated carbocycles. The Labute approximate surface area is 107 Å². The van der Waals surface area contributed by atoms with Crippen molar-refractivity contribution in [3.8, 4) is 0 Å². The Balaban J connectivity index is 2.59. The molecule has 1 rings (SSSR count). The van der Waals surface area contributed by atoms with Crippen molar-refractivity contribution in [1.82, 2.24) is 10.2 Å². The summed E-state index contributed by atoms with van der Waals surface area (Å²) in [4.78, 5) is 13.0. The van der Waals surface area contributed by atoms with E-state index in [1.807, 2.05) is 11.9 Å². The maximum absolute atomic E-state index is 13.9. The fourth-order valence-electron chi connectivity index (χ4n) is 1.70. The summed E-state index contributed by atoms with van der Waals surface area (Å²) in [5.74, 6) is -0.259. The van der Waals surface area contributed by atoms with Crippen LogP contribution in [0.25, 0.3) is 0 Å². The molecule has 0 aromatic heterocycles. The van der Waals surface area contributed by atoms with Crippen LogP contribution in [-0.4, -0.2) is 31.4 Å². The van der Waals surface area contributed by atoms with E-state index < -0.39 is 0 Å². The molecule has 0 fully saturated rings. The van der Waals surface area contributed by atoms with E-state index in [9.17, 15) is 9.18 Å². The molecular formula is C13H20FN3O. The molecule has 0 aliphatic carbocycles. The number of nitrogens with one attached hydrogen (secondary N) is 1. The van der Waals surface area contributed by atoms with Gasteiger partial charge in [0, 0.05) is 44.2 Å². The van der Waals surface area contributed by atoms with Crippen LogP contribution in [0.4, 0.5) is 4.39 Å². The van der Waals surface area contributed by atoms with Crippen molar-refractivity contribution in [2.45, 2.75) is 19.5 Å². The lowest BCUT2D eigenvalue weighted by atomic mass is 10.1. The van der Waals surface area contributed by atoms with Crippen molar-refractivity contribution in [2.75, 3.05) is 20.6 Å². The number of hydrogen-bond donors (Lipinski definition) is 2. The fraction of sp³-hybridized carbons (Fsp3) is 0.462. The molecular weight excluding hydrogens is 233 g/mol. The van der Waals surface area contributed by atoms with Crippen molar-refractivity contribution < 1.29 is 9.18 Å². The number of carbonyl (C=O) groups is 1. The van der Waals surface area contributed by atoms with E-state index in [0.29, 0.717) is 30.6 Å². The minimum Gasteiger partial charge on any atom is -0.359 e. The van der Waals surface area contributed by atoms with Crippen molar-refractivity contribution in [3.63, 3.8) is 0 Å². The molecule has 3 N–H and O–H groups in total. The van der Waals surface area contributed by atoms with Gasteiger partial charge in [0.15, 0.2) is 0 Å². The largest absolute Gasteiger partial charge is 0.359 e. The van der Waals surface area contributed by atoms with E-state index in [4.69, 9.17) is 5.73 Å². The molecule has 0 spiro atoms. The Kier molecular flexibility index (Phi) is 5.74. The molecule has 5 heteroatoms. The summed E-state index contributed by atoms with van der Waals surface area (Å²) in [6.07, 6.45) is 0.408. The molecule has 0 saturated heterocycles. The number of benzene rings is 1. The first-order valence-corrected chi connectivity index (χ1v) is 5.94. The monoisotopic (exact) mass is 253 g/mol. The molecule has 0 aliphatic heterocycles. The average molecular weight is 253 g/mol. The lowest BCUT2D eigenvalue weighted by Crippen LogP contribution is -2.26. The van der Waals surface area contributed by atoms with Crippen LogP contribution in [0, 0.1) is 5.82 Å². The van der Waals surface area contributed by atoms with Crippen LogP contribution in [0.1, 0.15) is 17.5 Å². The summed E-state index contributed by atoms with van der Waals surface area (Å²) in [5.41, 5.74) is 6.59. The Hall–Kier alpha value is -1.46. The molecule has 4 nitrogen and oxygen atoms in total. The summed E-state index contributed by atoms with van der Waals surface area (Å²) in [7, 11) is 3.46. The SMILES string of the molecule is CNC(=O)CCN(C)Cc1cccc(CN)c1F. The van der Waals surface area contributed by atoms with Gasteiger partial charge in [-0.2, -0.15) is 0 Å². The van der Waals surface area contributed by atoms with Crippen LogP contribution < -0.4 is 11.1 Å². The second-order valence-electron chi connectivity index (χ2n) is 4.26. The minimum atomic E-state index is -0.244. The third-order valence-corrected chi connectivity index (χ3v) is 2.82. The lowest BCUT2D eigenvalue weighted by Gasteiger charge is -2.17. The number of nitrogens with zero attached hydrogens (tertiary/aromatic N) is 1. The highest BCUT2D eigenvalue weighted by Gasteiger charge is 2.09. The van der Waals surface area contributed by atoms with Gasteiger partial charge < -0.3 is 16.0 Å². The summed E-state index contributed by atoms with van der Waals surface area (Å²) < 4.78 is 13.9. The molecule has 0 bridgehead atoms. The summed E-state index contributed by atoms with van der Waals surface area (Å²) >= 11 is 0. The highest BCUT2D eigenvalue weighted by molar-refractivity contribution is 5.75. The van der Waals surface area contributed by atoms with Crippen LogP contribution in [0.3, 0.4) is 0 Å². The second-order valence-corrected chi connectivity index (χ2v) is 4.26. The number of halogens is 1. The van der Waals surface area contributed by atoms with E-state index >= 15 is 0 Å². The van der Waals surface area contributed by atoms with Crippen LogP contribution in [0.5, 0.6) is 0 Å². The number of rotatable bonds is 6. The number of carbonyl (C=O) groups excluding carboxylic acids is 1. The second kappa shape index (κ2) is 7.08. The highest BCUT2D eigenvalue weighted by Crippen LogP contribution is 2.14. The Morgan fingerprint density at radius 3 is 2.72 bits per heavy atom. The van der Waals surface area contributed by atoms with Crippen molar-refractivity contribution in [2.24, 2.45) is 5.73 Å². The van der Waals surface area contributed by atoms with Crippen molar-refractivity contribution in [1.29, 1.82) is 0 Å². The molecule has 0 unspecified atom stereocenters. The fourth-order valence-corrected chi connectivity index (χ4v) is 1.70. The van der Waals surface area contributed by atoms with E-state index in [0.717, 1.165) is 0 Å². The standard InChI is InChI=1S/C13H20FN3O/c1-16-12(18)6-7-17(2)9-11-5-3-4-10(8-15)13(11)14/h3-5H,6-9,15H2,1-2H3,(H,16,18). The zero-order chi connectivity index (χ0) is 13.5. The van der Waals surface area contributed by atoms with Gasteiger partial charge in [0.1, 0.15) is 5.82 Å². The molecule has 18 heavy (non-hydrogen) atoms. The molecule has 1 aromatic carbocycles. The van der Waals surface area contributed by atoms with E-state index in [1.165, 1.54) is 0 Å². The minimum absolute atomic E-state index is 0.0157. The van der Waals surface area contributed by atoms with Gasteiger partial charge in [-0.25, -0.2) is 4.39 Å². The first kappa shape index (κ1) is 14.6. The Bertz CT molecular complexity index is 409. The van der Waals surface area contributed by atoms with Crippen molar-refractivity contribution >= 4 is 5.91 Å². The van der Waals surface area contributed by atoms with Gasteiger partial charge in [-0.05, 0) is 7.05 Å². The normalized spacial score (nSPS) is 10.7. The van der Waals surface area contributed by atoms with E-state index in [-0.39, 0.29) is 18.3 Å². The molecule has 0 aliphatic rings. The van der Waals surface area contributed by atoms with Gasteiger partial charge in [0.25, 0.3) is 0 Å². The number of amides is 1. The smallest absolute Gasteiger partial charge is 0.221 e. The number of nitrogens with two attached hydrogens (primary N) is 1. The molecule has 1 aromatic rings. The van der Waals surface area contributed by atoms with Gasteiger partial charge >= 0.3 is 0 Å². The van der Waals surface area contributed by atoms with Crippen molar-refractivity contribution in [3.05, 3.63) is 35.1 Å². The van der Waals surface area contributed by atoms with Crippen LogP contribution in [0.2, 0.25) is 0 Å². The predicted molar refractivity (Wildman–Crippen MR) is 69.3 cm³/mol. The van der Waals surface area contributed by atoms with Gasteiger partial charge in [-0.15, -0.1) is 0 Å². The van der Waals surface area contributed by atoms with Gasteiger partial charge in [0.05, 0.1) is 0 Å². The maximum Gasteiger partial charge on any atom is 0.221 e. The summed E-state index contributed by atoms with van der Waals surface area (Å²) in [6, 6.07) is 5.22. The van der Waals surface area contributed by atoms with Crippen LogP contribution in [-0.2, 0) is 17.9 Å². The Morgan fingerprint density at radius 1 is 1.44 bits per heavy atom. The molecule has 0 atom stereocenters.